The molecule has 15 heavy (non-hydrogen) atoms. The minimum Gasteiger partial charge on any atom is -0.388 e. The topological polar surface area (TPSA) is 46.5 Å². The van der Waals surface area contributed by atoms with E-state index < -0.39 is 5.60 Å². The summed E-state index contributed by atoms with van der Waals surface area (Å²) in [5.74, 6) is 0.344. The molecule has 0 aromatic carbocycles. The average Bonchev–Trinajstić information content (AvgIpc) is 2.28. The molecule has 0 heterocycles. The fourth-order valence-electron chi connectivity index (χ4n) is 1.81. The van der Waals surface area contributed by atoms with Crippen LogP contribution in [0.5, 0.6) is 0 Å². The molecule has 1 fully saturated rings. The first kappa shape index (κ1) is 12.7. The van der Waals surface area contributed by atoms with Crippen molar-refractivity contribution in [3.05, 3.63) is 0 Å². The van der Waals surface area contributed by atoms with Gasteiger partial charge in [0, 0.05) is 12.8 Å². The van der Waals surface area contributed by atoms with Crippen molar-refractivity contribution in [3.8, 4) is 0 Å². The first-order valence-electron chi connectivity index (χ1n) is 5.95. The number of hydrogen-bond donors (Lipinski definition) is 1. The Balaban J connectivity index is 2.27. The monoisotopic (exact) mass is 214 g/mol. The van der Waals surface area contributed by atoms with Crippen LogP contribution in [0.2, 0.25) is 0 Å². The predicted molar refractivity (Wildman–Crippen MR) is 58.7 cm³/mol. The number of hydrogen-bond acceptors (Lipinski definition) is 3. The molecule has 0 unspecified atom stereocenters. The van der Waals surface area contributed by atoms with Gasteiger partial charge in [-0.25, -0.2) is 0 Å². The summed E-state index contributed by atoms with van der Waals surface area (Å²) >= 11 is 0. The summed E-state index contributed by atoms with van der Waals surface area (Å²) < 4.78 is 5.68. The largest absolute Gasteiger partial charge is 0.388 e. The number of carbonyl (C=O) groups excluding carboxylic acids is 1. The minimum absolute atomic E-state index is 0.173. The third-order valence-corrected chi connectivity index (χ3v) is 3.39. The standard InChI is InChI=1S/C12H22O3/c1-3-12(14,4-2)9-15-11-7-5-10(13)6-8-11/h11,14H,3-9H2,1-2H3. The molecule has 0 aliphatic heterocycles. The molecule has 0 saturated heterocycles. The Morgan fingerprint density at radius 1 is 1.33 bits per heavy atom. The van der Waals surface area contributed by atoms with Gasteiger partial charge in [0.05, 0.1) is 18.3 Å². The molecule has 1 saturated carbocycles. The van der Waals surface area contributed by atoms with Crippen molar-refractivity contribution in [2.24, 2.45) is 0 Å². The van der Waals surface area contributed by atoms with E-state index >= 15 is 0 Å². The van der Waals surface area contributed by atoms with Crippen molar-refractivity contribution in [1.82, 2.24) is 0 Å². The van der Waals surface area contributed by atoms with E-state index in [9.17, 15) is 9.90 Å². The predicted octanol–water partition coefficient (Wildman–Crippen LogP) is 2.07. The fourth-order valence-corrected chi connectivity index (χ4v) is 1.81. The summed E-state index contributed by atoms with van der Waals surface area (Å²) in [5.41, 5.74) is -0.679. The van der Waals surface area contributed by atoms with Crippen LogP contribution in [0.25, 0.3) is 0 Å². The Morgan fingerprint density at radius 2 is 1.87 bits per heavy atom. The Bertz CT molecular complexity index is 199. The molecule has 88 valence electrons. The van der Waals surface area contributed by atoms with Crippen LogP contribution in [0.1, 0.15) is 52.4 Å². The van der Waals surface area contributed by atoms with E-state index in [0.717, 1.165) is 25.7 Å². The second-order valence-corrected chi connectivity index (χ2v) is 4.48. The minimum atomic E-state index is -0.679. The molecule has 1 aliphatic carbocycles. The molecule has 0 spiro atoms. The maximum atomic E-state index is 11.0. The van der Waals surface area contributed by atoms with Gasteiger partial charge in [0.2, 0.25) is 0 Å². The van der Waals surface area contributed by atoms with Gasteiger partial charge in [-0.15, -0.1) is 0 Å². The zero-order chi connectivity index (χ0) is 11.3. The number of rotatable bonds is 5. The van der Waals surface area contributed by atoms with E-state index in [1.807, 2.05) is 13.8 Å². The van der Waals surface area contributed by atoms with E-state index in [2.05, 4.69) is 0 Å². The Labute approximate surface area is 91.8 Å². The number of Topliss-reactive ketones (excluding diaryl/α,β-unsaturated/α-hetero) is 1. The van der Waals surface area contributed by atoms with Gasteiger partial charge in [-0.2, -0.15) is 0 Å². The summed E-state index contributed by atoms with van der Waals surface area (Å²) in [6, 6.07) is 0. The fraction of sp³-hybridized carbons (Fsp3) is 0.917. The Hall–Kier alpha value is -0.410. The quantitative estimate of drug-likeness (QED) is 0.762. The van der Waals surface area contributed by atoms with Gasteiger partial charge in [0.25, 0.3) is 0 Å². The van der Waals surface area contributed by atoms with Crippen molar-refractivity contribution < 1.29 is 14.6 Å². The van der Waals surface area contributed by atoms with E-state index in [0.29, 0.717) is 25.2 Å². The smallest absolute Gasteiger partial charge is 0.133 e. The normalized spacial score (nSPS) is 19.5. The highest BCUT2D eigenvalue weighted by Crippen LogP contribution is 2.21. The van der Waals surface area contributed by atoms with E-state index in [-0.39, 0.29) is 6.10 Å². The zero-order valence-electron chi connectivity index (χ0n) is 9.79. The van der Waals surface area contributed by atoms with Gasteiger partial charge in [-0.1, -0.05) is 13.8 Å². The van der Waals surface area contributed by atoms with Crippen LogP contribution in [-0.2, 0) is 9.53 Å². The summed E-state index contributed by atoms with van der Waals surface area (Å²) in [6.07, 6.45) is 4.53. The molecule has 3 nitrogen and oxygen atoms in total. The summed E-state index contributed by atoms with van der Waals surface area (Å²) in [5, 5.41) is 10.0. The SMILES string of the molecule is CCC(O)(CC)COC1CCC(=O)CC1. The lowest BCUT2D eigenvalue weighted by molar-refractivity contribution is -0.125. The molecule has 0 aromatic rings. The highest BCUT2D eigenvalue weighted by atomic mass is 16.5. The van der Waals surface area contributed by atoms with Crippen molar-refractivity contribution in [2.75, 3.05) is 6.61 Å². The van der Waals surface area contributed by atoms with Gasteiger partial charge in [-0.05, 0) is 25.7 Å². The van der Waals surface area contributed by atoms with Crippen molar-refractivity contribution in [3.63, 3.8) is 0 Å². The maximum absolute atomic E-state index is 11.0. The summed E-state index contributed by atoms with van der Waals surface area (Å²) in [4.78, 5) is 11.0. The highest BCUT2D eigenvalue weighted by Gasteiger charge is 2.26. The van der Waals surface area contributed by atoms with Crippen LogP contribution in [0.4, 0.5) is 0 Å². The molecule has 0 radical (unpaired) electrons. The lowest BCUT2D eigenvalue weighted by atomic mass is 9.95. The van der Waals surface area contributed by atoms with Gasteiger partial charge in [-0.3, -0.25) is 4.79 Å². The molecular formula is C12H22O3. The van der Waals surface area contributed by atoms with E-state index in [4.69, 9.17) is 4.74 Å². The number of carbonyl (C=O) groups is 1. The first-order chi connectivity index (χ1) is 7.09. The highest BCUT2D eigenvalue weighted by molar-refractivity contribution is 5.79. The summed E-state index contributed by atoms with van der Waals surface area (Å²) in [6.45, 7) is 4.34. The molecule has 1 N–H and O–H groups in total. The molecule has 1 aliphatic rings. The van der Waals surface area contributed by atoms with Crippen LogP contribution in [0.3, 0.4) is 0 Å². The van der Waals surface area contributed by atoms with Crippen molar-refractivity contribution in [2.45, 2.75) is 64.1 Å². The van der Waals surface area contributed by atoms with E-state index in [1.54, 1.807) is 0 Å². The molecule has 1 rings (SSSR count). The van der Waals surface area contributed by atoms with Gasteiger partial charge < -0.3 is 9.84 Å². The second-order valence-electron chi connectivity index (χ2n) is 4.48. The van der Waals surface area contributed by atoms with Gasteiger partial charge in [0.15, 0.2) is 0 Å². The maximum Gasteiger partial charge on any atom is 0.133 e. The van der Waals surface area contributed by atoms with E-state index in [1.165, 1.54) is 0 Å². The third-order valence-electron chi connectivity index (χ3n) is 3.39. The molecular weight excluding hydrogens is 192 g/mol. The second kappa shape index (κ2) is 5.61. The van der Waals surface area contributed by atoms with Crippen LogP contribution in [-0.4, -0.2) is 29.2 Å². The van der Waals surface area contributed by atoms with Crippen LogP contribution in [0, 0.1) is 0 Å². The Morgan fingerprint density at radius 3 is 2.33 bits per heavy atom. The van der Waals surface area contributed by atoms with Crippen molar-refractivity contribution >= 4 is 5.78 Å². The average molecular weight is 214 g/mol. The number of aliphatic hydroxyl groups is 1. The number of ether oxygens (including phenoxy) is 1. The zero-order valence-corrected chi connectivity index (χ0v) is 9.79. The lowest BCUT2D eigenvalue weighted by Gasteiger charge is -2.29. The van der Waals surface area contributed by atoms with Crippen LogP contribution < -0.4 is 0 Å². The molecule has 3 heteroatoms. The molecule has 0 bridgehead atoms. The lowest BCUT2D eigenvalue weighted by Crippen LogP contribution is -2.36. The van der Waals surface area contributed by atoms with Gasteiger partial charge >= 0.3 is 0 Å². The molecule has 0 atom stereocenters. The summed E-state index contributed by atoms with van der Waals surface area (Å²) in [7, 11) is 0. The van der Waals surface area contributed by atoms with Crippen LogP contribution in [0.15, 0.2) is 0 Å². The molecule has 0 amide bonds. The van der Waals surface area contributed by atoms with Crippen molar-refractivity contribution in [1.29, 1.82) is 0 Å². The number of ketones is 1. The first-order valence-corrected chi connectivity index (χ1v) is 5.95. The Kier molecular flexibility index (Phi) is 4.74. The molecule has 0 aromatic heterocycles. The van der Waals surface area contributed by atoms with Gasteiger partial charge in [0.1, 0.15) is 5.78 Å². The van der Waals surface area contributed by atoms with Crippen LogP contribution >= 0.6 is 0 Å². The third kappa shape index (κ3) is 3.92.